The summed E-state index contributed by atoms with van der Waals surface area (Å²) in [6, 6.07) is 6.81. The normalized spacial score (nSPS) is 23.8. The van der Waals surface area contributed by atoms with Crippen molar-refractivity contribution < 1.29 is 0 Å². The van der Waals surface area contributed by atoms with Crippen LogP contribution in [0, 0.1) is 5.92 Å². The van der Waals surface area contributed by atoms with Gasteiger partial charge in [0.1, 0.15) is 5.65 Å². The maximum Gasteiger partial charge on any atom is 0.137 e. The Morgan fingerprint density at radius 1 is 1.26 bits per heavy atom. The van der Waals surface area contributed by atoms with Crippen molar-refractivity contribution in [2.75, 3.05) is 0 Å². The average Bonchev–Trinajstić information content (AvgIpc) is 2.88. The third kappa shape index (κ3) is 2.98. The molecule has 0 spiro atoms. The highest BCUT2D eigenvalue weighted by Gasteiger charge is 2.19. The van der Waals surface area contributed by atoms with E-state index in [0.717, 1.165) is 23.8 Å². The van der Waals surface area contributed by atoms with Gasteiger partial charge in [0, 0.05) is 25.0 Å². The van der Waals surface area contributed by atoms with E-state index in [-0.39, 0.29) is 0 Å². The summed E-state index contributed by atoms with van der Waals surface area (Å²) >= 11 is 0. The molecule has 3 nitrogen and oxygen atoms in total. The molecule has 1 N–H and O–H groups in total. The van der Waals surface area contributed by atoms with E-state index in [9.17, 15) is 0 Å². The average molecular weight is 257 g/mol. The highest BCUT2D eigenvalue weighted by atomic mass is 15.0. The van der Waals surface area contributed by atoms with Gasteiger partial charge in [0.05, 0.1) is 5.69 Å². The molecule has 1 aliphatic carbocycles. The van der Waals surface area contributed by atoms with Crippen molar-refractivity contribution in [1.82, 2.24) is 14.7 Å². The van der Waals surface area contributed by atoms with Crippen molar-refractivity contribution in [2.24, 2.45) is 5.92 Å². The molecular formula is C16H23N3. The van der Waals surface area contributed by atoms with Gasteiger partial charge in [-0.25, -0.2) is 4.98 Å². The van der Waals surface area contributed by atoms with Crippen LogP contribution in [0.4, 0.5) is 0 Å². The van der Waals surface area contributed by atoms with Crippen LogP contribution < -0.4 is 5.32 Å². The fraction of sp³-hybridized carbons (Fsp3) is 0.562. The summed E-state index contributed by atoms with van der Waals surface area (Å²) in [5.41, 5.74) is 2.18. The first-order valence-corrected chi connectivity index (χ1v) is 7.51. The van der Waals surface area contributed by atoms with Crippen LogP contribution in [-0.2, 0) is 6.54 Å². The van der Waals surface area contributed by atoms with E-state index in [4.69, 9.17) is 0 Å². The van der Waals surface area contributed by atoms with E-state index in [0.29, 0.717) is 6.04 Å². The van der Waals surface area contributed by atoms with Crippen molar-refractivity contribution in [1.29, 1.82) is 0 Å². The summed E-state index contributed by atoms with van der Waals surface area (Å²) in [6.45, 7) is 3.21. The van der Waals surface area contributed by atoms with Gasteiger partial charge in [0.25, 0.3) is 0 Å². The van der Waals surface area contributed by atoms with Gasteiger partial charge in [0.2, 0.25) is 0 Å². The third-order valence-electron chi connectivity index (χ3n) is 4.41. The Bertz CT molecular complexity index is 491. The number of nitrogens with one attached hydrogen (secondary N) is 1. The zero-order chi connectivity index (χ0) is 13.1. The predicted molar refractivity (Wildman–Crippen MR) is 78.1 cm³/mol. The predicted octanol–water partition coefficient (Wildman–Crippen LogP) is 3.39. The maximum atomic E-state index is 4.63. The molecule has 1 aliphatic rings. The smallest absolute Gasteiger partial charge is 0.137 e. The molecule has 0 unspecified atom stereocenters. The fourth-order valence-electron chi connectivity index (χ4n) is 3.10. The quantitative estimate of drug-likeness (QED) is 0.909. The van der Waals surface area contributed by atoms with E-state index in [2.05, 4.69) is 40.1 Å². The van der Waals surface area contributed by atoms with Crippen molar-refractivity contribution in [3.8, 4) is 0 Å². The summed E-state index contributed by atoms with van der Waals surface area (Å²) in [7, 11) is 0. The van der Waals surface area contributed by atoms with Gasteiger partial charge in [-0.1, -0.05) is 19.4 Å². The molecule has 0 radical (unpaired) electrons. The second-order valence-electron chi connectivity index (χ2n) is 5.71. The second kappa shape index (κ2) is 5.74. The zero-order valence-corrected chi connectivity index (χ0v) is 11.7. The first kappa shape index (κ1) is 12.7. The van der Waals surface area contributed by atoms with Crippen molar-refractivity contribution in [3.05, 3.63) is 36.3 Å². The minimum Gasteiger partial charge on any atom is -0.308 e. The molecule has 102 valence electrons. The number of hydrogen-bond donors (Lipinski definition) is 1. The maximum absolute atomic E-state index is 4.63. The Kier molecular flexibility index (Phi) is 3.83. The second-order valence-corrected chi connectivity index (χ2v) is 5.71. The number of rotatable bonds is 4. The molecule has 0 saturated heterocycles. The Hall–Kier alpha value is -1.35. The van der Waals surface area contributed by atoms with Gasteiger partial charge in [0.15, 0.2) is 0 Å². The van der Waals surface area contributed by atoms with E-state index in [1.807, 2.05) is 12.1 Å². The highest BCUT2D eigenvalue weighted by molar-refractivity contribution is 5.39. The number of nitrogens with zero attached hydrogens (tertiary/aromatic N) is 2. The number of aromatic nitrogens is 2. The van der Waals surface area contributed by atoms with Gasteiger partial charge < -0.3 is 9.72 Å². The minimum atomic E-state index is 0.688. The van der Waals surface area contributed by atoms with Crippen LogP contribution in [0.15, 0.2) is 30.6 Å². The Morgan fingerprint density at radius 3 is 2.84 bits per heavy atom. The molecule has 1 fully saturated rings. The van der Waals surface area contributed by atoms with Crippen LogP contribution in [0.1, 0.15) is 44.7 Å². The Labute approximate surface area is 115 Å². The molecule has 0 amide bonds. The van der Waals surface area contributed by atoms with Gasteiger partial charge >= 0.3 is 0 Å². The molecule has 2 aromatic rings. The van der Waals surface area contributed by atoms with E-state index < -0.39 is 0 Å². The molecule has 0 bridgehead atoms. The van der Waals surface area contributed by atoms with Crippen molar-refractivity contribution in [2.45, 2.75) is 51.6 Å². The molecular weight excluding hydrogens is 234 g/mol. The lowest BCUT2D eigenvalue weighted by Gasteiger charge is -2.28. The van der Waals surface area contributed by atoms with Crippen LogP contribution in [0.5, 0.6) is 0 Å². The molecule has 3 rings (SSSR count). The largest absolute Gasteiger partial charge is 0.308 e. The Morgan fingerprint density at radius 2 is 2.11 bits per heavy atom. The SMILES string of the molecule is CCC1CCC(NCc2cn3ccccc3n2)CC1. The van der Waals surface area contributed by atoms with Crippen LogP contribution in [0.25, 0.3) is 5.65 Å². The first-order valence-electron chi connectivity index (χ1n) is 7.51. The molecule has 1 saturated carbocycles. The van der Waals surface area contributed by atoms with Gasteiger partial charge in [-0.3, -0.25) is 0 Å². The molecule has 2 aromatic heterocycles. The molecule has 0 aliphatic heterocycles. The Balaban J connectivity index is 1.55. The molecule has 19 heavy (non-hydrogen) atoms. The molecule has 0 aromatic carbocycles. The third-order valence-corrected chi connectivity index (χ3v) is 4.41. The molecule has 0 atom stereocenters. The monoisotopic (exact) mass is 257 g/mol. The van der Waals surface area contributed by atoms with Crippen molar-refractivity contribution >= 4 is 5.65 Å². The lowest BCUT2D eigenvalue weighted by atomic mass is 9.84. The van der Waals surface area contributed by atoms with Gasteiger partial charge in [-0.15, -0.1) is 0 Å². The van der Waals surface area contributed by atoms with Crippen LogP contribution >= 0.6 is 0 Å². The van der Waals surface area contributed by atoms with E-state index >= 15 is 0 Å². The number of imidazole rings is 1. The standard InChI is InChI=1S/C16H23N3/c1-2-13-6-8-14(9-7-13)17-11-15-12-19-10-4-3-5-16(19)18-15/h3-5,10,12-14,17H,2,6-9,11H2,1H3. The van der Waals surface area contributed by atoms with Crippen molar-refractivity contribution in [3.63, 3.8) is 0 Å². The summed E-state index contributed by atoms with van der Waals surface area (Å²) in [4.78, 5) is 4.63. The number of fused-ring (bicyclic) bond motifs is 1. The summed E-state index contributed by atoms with van der Waals surface area (Å²) in [5.74, 6) is 0.966. The lowest BCUT2D eigenvalue weighted by Crippen LogP contribution is -2.32. The summed E-state index contributed by atoms with van der Waals surface area (Å²) in [5, 5.41) is 3.67. The number of pyridine rings is 1. The topological polar surface area (TPSA) is 29.3 Å². The minimum absolute atomic E-state index is 0.688. The van der Waals surface area contributed by atoms with Gasteiger partial charge in [-0.2, -0.15) is 0 Å². The molecule has 2 heterocycles. The van der Waals surface area contributed by atoms with Crippen LogP contribution in [0.2, 0.25) is 0 Å². The van der Waals surface area contributed by atoms with Gasteiger partial charge in [-0.05, 0) is 43.7 Å². The first-order chi connectivity index (χ1) is 9.35. The van der Waals surface area contributed by atoms with Crippen LogP contribution in [-0.4, -0.2) is 15.4 Å². The van der Waals surface area contributed by atoms with Crippen LogP contribution in [0.3, 0.4) is 0 Å². The zero-order valence-electron chi connectivity index (χ0n) is 11.7. The number of hydrogen-bond acceptors (Lipinski definition) is 2. The fourth-order valence-corrected chi connectivity index (χ4v) is 3.10. The highest BCUT2D eigenvalue weighted by Crippen LogP contribution is 2.26. The molecule has 3 heteroatoms. The van der Waals surface area contributed by atoms with E-state index in [1.54, 1.807) is 0 Å². The summed E-state index contributed by atoms with van der Waals surface area (Å²) in [6.07, 6.45) is 11.0. The lowest BCUT2D eigenvalue weighted by molar-refractivity contribution is 0.285. The summed E-state index contributed by atoms with van der Waals surface area (Å²) < 4.78 is 2.09. The van der Waals surface area contributed by atoms with E-state index in [1.165, 1.54) is 32.1 Å².